The molecule has 0 radical (unpaired) electrons. The molecule has 24 heavy (non-hydrogen) atoms. The van der Waals surface area contributed by atoms with E-state index in [1.165, 1.54) is 21.1 Å². The fraction of sp³-hybridized carbons (Fsp3) is 0.222. The number of para-hydroxylation sites is 2. The first-order valence-corrected chi connectivity index (χ1v) is 7.20. The lowest BCUT2D eigenvalue weighted by Gasteiger charge is -2.12. The molecule has 0 aliphatic heterocycles. The summed E-state index contributed by atoms with van der Waals surface area (Å²) < 4.78 is 20.9. The molecular weight excluding hydrogens is 312 g/mol. The third-order valence-corrected chi connectivity index (χ3v) is 3.21. The van der Waals surface area contributed by atoms with Crippen LogP contribution in [0.15, 0.2) is 42.5 Å². The number of carbonyl (C=O) groups excluding carboxylic acids is 2. The highest BCUT2D eigenvalue weighted by molar-refractivity contribution is 5.94. The molecule has 0 atom stereocenters. The van der Waals surface area contributed by atoms with E-state index in [1.54, 1.807) is 42.5 Å². The van der Waals surface area contributed by atoms with Crippen LogP contribution in [0.5, 0.6) is 23.0 Å². The number of ketones is 1. The smallest absolute Gasteiger partial charge is 0.349 e. The Morgan fingerprint density at radius 3 is 2.17 bits per heavy atom. The Hall–Kier alpha value is -3.02. The van der Waals surface area contributed by atoms with Gasteiger partial charge in [-0.15, -0.1) is 0 Å². The molecule has 0 amide bonds. The summed E-state index contributed by atoms with van der Waals surface area (Å²) in [6.45, 7) is 1.15. The minimum absolute atomic E-state index is 0.0876. The molecule has 0 N–H and O–H groups in total. The summed E-state index contributed by atoms with van der Waals surface area (Å²) in [5.41, 5.74) is 0.496. The Kier molecular flexibility index (Phi) is 5.78. The van der Waals surface area contributed by atoms with Gasteiger partial charge in [0.15, 0.2) is 35.4 Å². The first kappa shape index (κ1) is 17.3. The van der Waals surface area contributed by atoms with E-state index in [0.717, 1.165) is 0 Å². The molecule has 0 saturated heterocycles. The van der Waals surface area contributed by atoms with E-state index in [1.807, 2.05) is 0 Å². The molecule has 0 aliphatic rings. The third kappa shape index (κ3) is 4.25. The van der Waals surface area contributed by atoms with Crippen LogP contribution in [0, 0.1) is 0 Å². The Morgan fingerprint density at radius 1 is 0.875 bits per heavy atom. The van der Waals surface area contributed by atoms with Crippen LogP contribution in [-0.2, 0) is 4.79 Å². The van der Waals surface area contributed by atoms with E-state index in [2.05, 4.69) is 0 Å². The Balaban J connectivity index is 2.02. The standard InChI is InChI=1S/C18H18O6/c1-12(19)13-8-9-15(17(10-13)22-3)23-11-18(20)24-16-7-5-4-6-14(16)21-2/h4-10H,11H2,1-3H3. The SMILES string of the molecule is COc1cc(C(C)=O)ccc1OCC(=O)Oc1ccccc1OC. The molecule has 2 rings (SSSR count). The lowest BCUT2D eigenvalue weighted by atomic mass is 10.1. The second-order valence-corrected chi connectivity index (χ2v) is 4.84. The Morgan fingerprint density at radius 2 is 1.54 bits per heavy atom. The molecule has 126 valence electrons. The Labute approximate surface area is 139 Å². The highest BCUT2D eigenvalue weighted by Gasteiger charge is 2.13. The van der Waals surface area contributed by atoms with Crippen molar-refractivity contribution in [1.82, 2.24) is 0 Å². The van der Waals surface area contributed by atoms with Crippen molar-refractivity contribution in [2.24, 2.45) is 0 Å². The number of rotatable bonds is 7. The summed E-state index contributed by atoms with van der Waals surface area (Å²) in [6.07, 6.45) is 0. The summed E-state index contributed by atoms with van der Waals surface area (Å²) >= 11 is 0. The zero-order chi connectivity index (χ0) is 17.5. The number of hydrogen-bond acceptors (Lipinski definition) is 6. The molecule has 0 saturated carbocycles. The molecule has 2 aromatic rings. The fourth-order valence-electron chi connectivity index (χ4n) is 2.00. The van der Waals surface area contributed by atoms with Crippen LogP contribution in [0.2, 0.25) is 0 Å². The lowest BCUT2D eigenvalue weighted by molar-refractivity contribution is -0.136. The number of ether oxygens (including phenoxy) is 4. The van der Waals surface area contributed by atoms with Crippen molar-refractivity contribution in [3.8, 4) is 23.0 Å². The van der Waals surface area contributed by atoms with Crippen LogP contribution in [0.1, 0.15) is 17.3 Å². The third-order valence-electron chi connectivity index (χ3n) is 3.21. The largest absolute Gasteiger partial charge is 0.493 e. The van der Waals surface area contributed by atoms with Crippen molar-refractivity contribution in [1.29, 1.82) is 0 Å². The highest BCUT2D eigenvalue weighted by atomic mass is 16.6. The van der Waals surface area contributed by atoms with E-state index in [-0.39, 0.29) is 12.4 Å². The molecule has 6 heteroatoms. The van der Waals surface area contributed by atoms with Gasteiger partial charge in [0.25, 0.3) is 0 Å². The summed E-state index contributed by atoms with van der Waals surface area (Å²) in [5.74, 6) is 0.807. The molecule has 0 spiro atoms. The van der Waals surface area contributed by atoms with Gasteiger partial charge >= 0.3 is 5.97 Å². The van der Waals surface area contributed by atoms with Gasteiger partial charge in [0.05, 0.1) is 14.2 Å². The van der Waals surface area contributed by atoms with Crippen molar-refractivity contribution in [2.45, 2.75) is 6.92 Å². The summed E-state index contributed by atoms with van der Waals surface area (Å²) in [7, 11) is 2.95. The number of methoxy groups -OCH3 is 2. The van der Waals surface area contributed by atoms with Crippen LogP contribution >= 0.6 is 0 Å². The fourth-order valence-corrected chi connectivity index (χ4v) is 2.00. The molecule has 2 aromatic carbocycles. The maximum absolute atomic E-state index is 11.9. The molecule has 0 bridgehead atoms. The van der Waals surface area contributed by atoms with E-state index in [9.17, 15) is 9.59 Å². The van der Waals surface area contributed by atoms with Crippen molar-refractivity contribution < 1.29 is 28.5 Å². The number of benzene rings is 2. The zero-order valence-electron chi connectivity index (χ0n) is 13.7. The molecule has 6 nitrogen and oxygen atoms in total. The summed E-state index contributed by atoms with van der Waals surface area (Å²) in [5, 5.41) is 0. The average molecular weight is 330 g/mol. The first-order valence-electron chi connectivity index (χ1n) is 7.20. The predicted molar refractivity (Wildman–Crippen MR) is 87.1 cm³/mol. The van der Waals surface area contributed by atoms with Crippen LogP contribution < -0.4 is 18.9 Å². The number of carbonyl (C=O) groups is 2. The maximum Gasteiger partial charge on any atom is 0.349 e. The van der Waals surface area contributed by atoms with Crippen LogP contribution in [0.3, 0.4) is 0 Å². The van der Waals surface area contributed by atoms with Gasteiger partial charge in [-0.25, -0.2) is 4.79 Å². The number of hydrogen-bond donors (Lipinski definition) is 0. The van der Waals surface area contributed by atoms with Gasteiger partial charge in [-0.2, -0.15) is 0 Å². The normalized spacial score (nSPS) is 9.96. The minimum atomic E-state index is -0.586. The van der Waals surface area contributed by atoms with Gasteiger partial charge in [0.1, 0.15) is 0 Å². The van der Waals surface area contributed by atoms with E-state index >= 15 is 0 Å². The van der Waals surface area contributed by atoms with Crippen molar-refractivity contribution in [2.75, 3.05) is 20.8 Å². The quantitative estimate of drug-likeness (QED) is 0.442. The van der Waals surface area contributed by atoms with Crippen LogP contribution in [-0.4, -0.2) is 32.6 Å². The predicted octanol–water partition coefficient (Wildman–Crippen LogP) is 2.89. The lowest BCUT2D eigenvalue weighted by Crippen LogP contribution is -2.18. The summed E-state index contributed by atoms with van der Waals surface area (Å²) in [6, 6.07) is 11.6. The molecular formula is C18H18O6. The van der Waals surface area contributed by atoms with E-state index in [4.69, 9.17) is 18.9 Å². The van der Waals surface area contributed by atoms with Crippen LogP contribution in [0.25, 0.3) is 0 Å². The maximum atomic E-state index is 11.9. The van der Waals surface area contributed by atoms with Crippen molar-refractivity contribution >= 4 is 11.8 Å². The second kappa shape index (κ2) is 8.01. The van der Waals surface area contributed by atoms with E-state index < -0.39 is 5.97 Å². The van der Waals surface area contributed by atoms with Gasteiger partial charge in [0.2, 0.25) is 0 Å². The molecule has 0 unspecified atom stereocenters. The van der Waals surface area contributed by atoms with Gasteiger partial charge < -0.3 is 18.9 Å². The summed E-state index contributed by atoms with van der Waals surface area (Å²) in [4.78, 5) is 23.3. The van der Waals surface area contributed by atoms with Gasteiger partial charge in [-0.05, 0) is 37.3 Å². The van der Waals surface area contributed by atoms with Crippen molar-refractivity contribution in [3.63, 3.8) is 0 Å². The van der Waals surface area contributed by atoms with Crippen LogP contribution in [0.4, 0.5) is 0 Å². The highest BCUT2D eigenvalue weighted by Crippen LogP contribution is 2.29. The second-order valence-electron chi connectivity index (χ2n) is 4.84. The Bertz CT molecular complexity index is 738. The van der Waals surface area contributed by atoms with E-state index in [0.29, 0.717) is 28.6 Å². The molecule has 0 fully saturated rings. The van der Waals surface area contributed by atoms with Gasteiger partial charge in [-0.1, -0.05) is 12.1 Å². The average Bonchev–Trinajstić information content (AvgIpc) is 2.60. The zero-order valence-corrected chi connectivity index (χ0v) is 13.7. The molecule has 0 aromatic heterocycles. The molecule has 0 heterocycles. The minimum Gasteiger partial charge on any atom is -0.493 e. The first-order chi connectivity index (χ1) is 11.5. The van der Waals surface area contributed by atoms with Gasteiger partial charge in [0, 0.05) is 5.56 Å². The number of esters is 1. The van der Waals surface area contributed by atoms with Crippen molar-refractivity contribution in [3.05, 3.63) is 48.0 Å². The van der Waals surface area contributed by atoms with Gasteiger partial charge in [-0.3, -0.25) is 4.79 Å². The topological polar surface area (TPSA) is 71.1 Å². The monoisotopic (exact) mass is 330 g/mol. The molecule has 0 aliphatic carbocycles. The number of Topliss-reactive ketones (excluding diaryl/α,β-unsaturated/α-hetero) is 1.